The van der Waals surface area contributed by atoms with Crippen molar-refractivity contribution >= 4 is 48.7 Å². The Labute approximate surface area is 175 Å². The number of fused-ring (bicyclic) bond motifs is 1. The van der Waals surface area contributed by atoms with Gasteiger partial charge < -0.3 is 9.47 Å². The van der Waals surface area contributed by atoms with E-state index in [1.165, 1.54) is 30.6 Å². The molecule has 12 heteroatoms. The van der Waals surface area contributed by atoms with Crippen molar-refractivity contribution in [3.63, 3.8) is 0 Å². The lowest BCUT2D eigenvalue weighted by Crippen LogP contribution is -2.10. The molecule has 10 nitrogen and oxygen atoms in total. The van der Waals surface area contributed by atoms with Gasteiger partial charge in [0, 0.05) is 0 Å². The number of amides is 2. The van der Waals surface area contributed by atoms with Crippen LogP contribution < -0.4 is 10.1 Å². The minimum Gasteiger partial charge on any atom is -0.484 e. The second kappa shape index (κ2) is 8.97. The van der Waals surface area contributed by atoms with Gasteiger partial charge in [-0.1, -0.05) is 38.7 Å². The first kappa shape index (κ1) is 21.3. The summed E-state index contributed by atoms with van der Waals surface area (Å²) < 4.78 is 37.9. The van der Waals surface area contributed by atoms with Crippen LogP contribution in [0.5, 0.6) is 5.75 Å². The number of sulfonamides is 1. The zero-order valence-electron chi connectivity index (χ0n) is 15.9. The van der Waals surface area contributed by atoms with Gasteiger partial charge in [0.15, 0.2) is 11.7 Å². The Morgan fingerprint density at radius 1 is 1.17 bits per heavy atom. The summed E-state index contributed by atoms with van der Waals surface area (Å²) in [5, 5.41) is 6.03. The van der Waals surface area contributed by atoms with E-state index in [1.54, 1.807) is 30.3 Å². The molecule has 0 aliphatic heterocycles. The number of ether oxygens (including phenoxy) is 2. The van der Waals surface area contributed by atoms with Crippen molar-refractivity contribution in [1.82, 2.24) is 4.98 Å². The minimum atomic E-state index is -4.06. The lowest BCUT2D eigenvalue weighted by molar-refractivity contribution is -0.120. The summed E-state index contributed by atoms with van der Waals surface area (Å²) in [4.78, 5) is 27.3. The van der Waals surface area contributed by atoms with Crippen molar-refractivity contribution in [2.24, 2.45) is 9.63 Å². The van der Waals surface area contributed by atoms with Crippen LogP contribution in [0.15, 0.2) is 57.0 Å². The fourth-order valence-corrected chi connectivity index (χ4v) is 3.87. The van der Waals surface area contributed by atoms with Gasteiger partial charge in [-0.2, -0.15) is 8.42 Å². The molecule has 1 aromatic heterocycles. The molecule has 1 N–H and O–H groups in total. The minimum absolute atomic E-state index is 0.0578. The summed E-state index contributed by atoms with van der Waals surface area (Å²) in [6, 6.07) is 10.9. The molecule has 0 radical (unpaired) electrons. The SMILES string of the molecule is COC(=O)Nc1nc2ccc(OCC(=O)N=NS(=O)(=O)c3ccc(C)cc3)cc2s1. The lowest BCUT2D eigenvalue weighted by atomic mass is 10.2. The largest absolute Gasteiger partial charge is 0.484 e. The number of aromatic nitrogens is 1. The van der Waals surface area contributed by atoms with E-state index in [1.807, 2.05) is 6.92 Å². The van der Waals surface area contributed by atoms with E-state index >= 15 is 0 Å². The average molecular weight is 448 g/mol. The normalized spacial score (nSPS) is 11.5. The second-order valence-electron chi connectivity index (χ2n) is 5.92. The smallest absolute Gasteiger partial charge is 0.413 e. The molecule has 3 rings (SSSR count). The standard InChI is InChI=1S/C18H16N4O6S2/c1-11-3-6-13(7-4-11)30(25,26)22-21-16(23)10-28-12-5-8-14-15(9-12)29-17(19-14)20-18(24)27-2/h3-9H,10H2,1-2H3,(H,19,20,24). The maximum absolute atomic E-state index is 12.1. The fraction of sp³-hybridized carbons (Fsp3) is 0.167. The molecule has 0 saturated heterocycles. The maximum Gasteiger partial charge on any atom is 0.413 e. The molecular weight excluding hydrogens is 432 g/mol. The highest BCUT2D eigenvalue weighted by Crippen LogP contribution is 2.29. The van der Waals surface area contributed by atoms with E-state index in [0.29, 0.717) is 21.1 Å². The Balaban J connectivity index is 1.62. The number of hydrogen-bond donors (Lipinski definition) is 1. The molecule has 2 amide bonds. The fourth-order valence-electron chi connectivity index (χ4n) is 2.22. The number of nitrogens with one attached hydrogen (secondary N) is 1. The molecule has 0 aliphatic carbocycles. The average Bonchev–Trinajstić information content (AvgIpc) is 3.12. The number of hydrogen-bond acceptors (Lipinski definition) is 8. The van der Waals surface area contributed by atoms with Gasteiger partial charge >= 0.3 is 12.0 Å². The number of benzene rings is 2. The molecule has 0 atom stereocenters. The summed E-state index contributed by atoms with van der Waals surface area (Å²) in [7, 11) is -2.82. The molecule has 3 aromatic rings. The van der Waals surface area contributed by atoms with Crippen LogP contribution in [0, 0.1) is 6.92 Å². The molecular formula is C18H16N4O6S2. The molecule has 0 fully saturated rings. The number of carbonyl (C=O) groups is 2. The van der Waals surface area contributed by atoms with Crippen LogP contribution in [0.2, 0.25) is 0 Å². The monoisotopic (exact) mass is 448 g/mol. The second-order valence-corrected chi connectivity index (χ2v) is 8.53. The Kier molecular flexibility index (Phi) is 6.37. The molecule has 0 saturated carbocycles. The maximum atomic E-state index is 12.1. The van der Waals surface area contributed by atoms with Gasteiger partial charge in [-0.05, 0) is 37.3 Å². The van der Waals surface area contributed by atoms with Crippen molar-refractivity contribution in [2.45, 2.75) is 11.8 Å². The van der Waals surface area contributed by atoms with Crippen molar-refractivity contribution in [3.05, 3.63) is 48.0 Å². The van der Waals surface area contributed by atoms with Gasteiger partial charge in [0.1, 0.15) is 5.75 Å². The first-order chi connectivity index (χ1) is 14.3. The molecule has 0 unspecified atom stereocenters. The van der Waals surface area contributed by atoms with E-state index < -0.39 is 28.6 Å². The highest BCUT2D eigenvalue weighted by atomic mass is 32.2. The van der Waals surface area contributed by atoms with Gasteiger partial charge in [-0.25, -0.2) is 9.78 Å². The van der Waals surface area contributed by atoms with Crippen LogP contribution in [0.4, 0.5) is 9.93 Å². The summed E-state index contributed by atoms with van der Waals surface area (Å²) >= 11 is 1.19. The van der Waals surface area contributed by atoms with Crippen LogP contribution in [-0.2, 0) is 19.6 Å². The topological polar surface area (TPSA) is 136 Å². The predicted molar refractivity (Wildman–Crippen MR) is 109 cm³/mol. The molecule has 0 bridgehead atoms. The quantitative estimate of drug-likeness (QED) is 0.570. The third kappa shape index (κ3) is 5.36. The zero-order chi connectivity index (χ0) is 21.7. The van der Waals surface area contributed by atoms with E-state index in [9.17, 15) is 18.0 Å². The van der Waals surface area contributed by atoms with Crippen LogP contribution in [0.25, 0.3) is 10.2 Å². The molecule has 156 valence electrons. The highest BCUT2D eigenvalue weighted by molar-refractivity contribution is 7.90. The number of anilines is 1. The lowest BCUT2D eigenvalue weighted by Gasteiger charge is -2.02. The molecule has 1 heterocycles. The highest BCUT2D eigenvalue weighted by Gasteiger charge is 2.14. The van der Waals surface area contributed by atoms with E-state index in [0.717, 1.165) is 5.56 Å². The van der Waals surface area contributed by atoms with Crippen LogP contribution in [-0.4, -0.2) is 39.1 Å². The molecule has 0 spiro atoms. The van der Waals surface area contributed by atoms with Gasteiger partial charge in [0.2, 0.25) is 0 Å². The third-order valence-electron chi connectivity index (χ3n) is 3.70. The molecule has 2 aromatic carbocycles. The molecule has 30 heavy (non-hydrogen) atoms. The predicted octanol–water partition coefficient (Wildman–Crippen LogP) is 3.53. The number of aryl methyl sites for hydroxylation is 1. The Bertz CT molecular complexity index is 1220. The van der Waals surface area contributed by atoms with Gasteiger partial charge in [0.05, 0.1) is 22.2 Å². The number of rotatable bonds is 6. The molecule has 0 aliphatic rings. The van der Waals surface area contributed by atoms with E-state index in [2.05, 4.69) is 24.7 Å². The zero-order valence-corrected chi connectivity index (χ0v) is 17.5. The van der Waals surface area contributed by atoms with E-state index in [4.69, 9.17) is 4.74 Å². The summed E-state index contributed by atoms with van der Waals surface area (Å²) in [5.74, 6) is -0.510. The number of methoxy groups -OCH3 is 1. The van der Waals surface area contributed by atoms with Crippen LogP contribution in [0.1, 0.15) is 5.56 Å². The van der Waals surface area contributed by atoms with Gasteiger partial charge in [0.25, 0.3) is 10.0 Å². The number of thiazole rings is 1. The summed E-state index contributed by atoms with van der Waals surface area (Å²) in [6.45, 7) is 1.32. The van der Waals surface area contributed by atoms with Crippen molar-refractivity contribution in [1.29, 1.82) is 0 Å². The first-order valence-corrected chi connectivity index (χ1v) is 10.7. The van der Waals surface area contributed by atoms with Gasteiger partial charge in [-0.15, -0.1) is 0 Å². The Morgan fingerprint density at radius 2 is 1.90 bits per heavy atom. The third-order valence-corrected chi connectivity index (χ3v) is 5.79. The summed E-state index contributed by atoms with van der Waals surface area (Å²) in [6.07, 6.45) is -0.637. The first-order valence-electron chi connectivity index (χ1n) is 8.43. The van der Waals surface area contributed by atoms with Crippen LogP contribution in [0.3, 0.4) is 0 Å². The van der Waals surface area contributed by atoms with Crippen molar-refractivity contribution in [2.75, 3.05) is 19.0 Å². The summed E-state index contributed by atoms with van der Waals surface area (Å²) in [5.41, 5.74) is 1.51. The Morgan fingerprint density at radius 3 is 2.60 bits per heavy atom. The van der Waals surface area contributed by atoms with Crippen molar-refractivity contribution < 1.29 is 27.5 Å². The number of nitrogens with zero attached hydrogens (tertiary/aromatic N) is 3. The van der Waals surface area contributed by atoms with Gasteiger partial charge in [-0.3, -0.25) is 10.1 Å². The van der Waals surface area contributed by atoms with E-state index in [-0.39, 0.29) is 4.90 Å². The van der Waals surface area contributed by atoms with Crippen LogP contribution >= 0.6 is 11.3 Å². The number of carbonyl (C=O) groups excluding carboxylic acids is 2. The van der Waals surface area contributed by atoms with Crippen molar-refractivity contribution in [3.8, 4) is 5.75 Å². The Hall–Kier alpha value is -3.38.